The van der Waals surface area contributed by atoms with E-state index in [-0.39, 0.29) is 28.8 Å². The molecule has 0 bridgehead atoms. The van der Waals surface area contributed by atoms with Gasteiger partial charge in [-0.3, -0.25) is 4.79 Å². The van der Waals surface area contributed by atoms with E-state index in [1.54, 1.807) is 24.3 Å². The van der Waals surface area contributed by atoms with Gasteiger partial charge in [-0.1, -0.05) is 12.1 Å². The third kappa shape index (κ3) is 4.60. The zero-order chi connectivity index (χ0) is 26.7. The molecule has 1 saturated heterocycles. The third-order valence-electron chi connectivity index (χ3n) is 7.20. The first kappa shape index (κ1) is 24.4. The van der Waals surface area contributed by atoms with Crippen molar-refractivity contribution in [3.8, 4) is 17.0 Å². The summed E-state index contributed by atoms with van der Waals surface area (Å²) in [6, 6.07) is 9.39. The molecule has 1 amide bonds. The lowest BCUT2D eigenvalue weighted by Gasteiger charge is -2.34. The van der Waals surface area contributed by atoms with E-state index >= 15 is 0 Å². The minimum atomic E-state index is -4.91. The van der Waals surface area contributed by atoms with Crippen LogP contribution in [0.2, 0.25) is 0 Å². The van der Waals surface area contributed by atoms with Crippen LogP contribution in [0.5, 0.6) is 5.75 Å². The number of rotatable bonds is 5. The number of hydrogen-bond acceptors (Lipinski definition) is 7. The van der Waals surface area contributed by atoms with Gasteiger partial charge >= 0.3 is 6.36 Å². The first-order valence-corrected chi connectivity index (χ1v) is 12.2. The Morgan fingerprint density at radius 1 is 1.08 bits per heavy atom. The van der Waals surface area contributed by atoms with Crippen molar-refractivity contribution in [2.75, 3.05) is 43.4 Å². The number of amides is 1. The first-order chi connectivity index (χ1) is 18.1. The van der Waals surface area contributed by atoms with E-state index in [0.29, 0.717) is 29.9 Å². The normalized spacial score (nSPS) is 18.3. The molecule has 0 unspecified atom stereocenters. The van der Waals surface area contributed by atoms with Crippen molar-refractivity contribution in [3.05, 3.63) is 59.5 Å². The molecule has 12 heteroatoms. The van der Waals surface area contributed by atoms with E-state index in [1.807, 2.05) is 7.05 Å². The average Bonchev–Trinajstić information content (AvgIpc) is 3.60. The maximum absolute atomic E-state index is 14.8. The number of nitrogens with zero attached hydrogens (tertiary/aromatic N) is 4. The van der Waals surface area contributed by atoms with Crippen LogP contribution >= 0.6 is 0 Å². The summed E-state index contributed by atoms with van der Waals surface area (Å²) in [6.07, 6.45) is -2.26. The van der Waals surface area contributed by atoms with Crippen molar-refractivity contribution in [1.29, 1.82) is 0 Å². The maximum Gasteiger partial charge on any atom is 0.573 e. The Bertz CT molecular complexity index is 1420. The Morgan fingerprint density at radius 2 is 1.84 bits per heavy atom. The Balaban J connectivity index is 1.33. The molecule has 38 heavy (non-hydrogen) atoms. The number of carbonyl (C=O) groups excluding carboxylic acids is 1. The highest BCUT2D eigenvalue weighted by atomic mass is 19.4. The van der Waals surface area contributed by atoms with Gasteiger partial charge in [0.1, 0.15) is 5.69 Å². The van der Waals surface area contributed by atoms with Crippen molar-refractivity contribution in [2.45, 2.75) is 24.7 Å². The Kier molecular flexibility index (Phi) is 5.67. The van der Waals surface area contributed by atoms with Crippen LogP contribution in [0.25, 0.3) is 11.3 Å². The van der Waals surface area contributed by atoms with E-state index in [2.05, 4.69) is 35.1 Å². The van der Waals surface area contributed by atoms with Crippen molar-refractivity contribution < 1.29 is 27.1 Å². The minimum Gasteiger partial charge on any atom is -0.404 e. The number of ether oxygens (including phenoxy) is 1. The lowest BCUT2D eigenvalue weighted by atomic mass is 9.99. The Hall–Kier alpha value is -3.93. The molecule has 2 aromatic carbocycles. The van der Waals surface area contributed by atoms with Gasteiger partial charge in [-0.2, -0.15) is 0 Å². The lowest BCUT2D eigenvalue weighted by Crippen LogP contribution is -2.44. The summed E-state index contributed by atoms with van der Waals surface area (Å²) in [5.74, 6) is -1.53. The predicted octanol–water partition coefficient (Wildman–Crippen LogP) is 4.41. The molecule has 1 saturated carbocycles. The minimum absolute atomic E-state index is 0.0136. The molecule has 1 aromatic heterocycles. The molecule has 8 nitrogen and oxygen atoms in total. The van der Waals surface area contributed by atoms with Gasteiger partial charge in [0, 0.05) is 43.0 Å². The monoisotopic (exact) mass is 528 g/mol. The van der Waals surface area contributed by atoms with Crippen molar-refractivity contribution >= 4 is 23.2 Å². The second-order valence-corrected chi connectivity index (χ2v) is 9.83. The van der Waals surface area contributed by atoms with Gasteiger partial charge in [-0.15, -0.1) is 13.2 Å². The molecular weight excluding hydrogens is 504 g/mol. The zero-order valence-corrected chi connectivity index (χ0v) is 20.4. The fraction of sp³-hybridized carbons (Fsp3) is 0.346. The number of alkyl halides is 3. The van der Waals surface area contributed by atoms with Crippen LogP contribution in [-0.2, 0) is 5.54 Å². The number of anilines is 3. The molecule has 6 rings (SSSR count). The van der Waals surface area contributed by atoms with Gasteiger partial charge in [0.25, 0.3) is 5.91 Å². The highest BCUT2D eigenvalue weighted by Gasteiger charge is 2.52. The largest absolute Gasteiger partial charge is 0.573 e. The molecule has 2 aliphatic heterocycles. The summed E-state index contributed by atoms with van der Waals surface area (Å²) in [6.45, 7) is 3.04. The van der Waals surface area contributed by atoms with Gasteiger partial charge in [-0.05, 0) is 49.7 Å². The maximum atomic E-state index is 14.8. The summed E-state index contributed by atoms with van der Waals surface area (Å²) < 4.78 is 58.4. The number of nitrogens with one attached hydrogen (secondary N) is 2. The number of likely N-dealkylation sites (N-methyl/N-ethyl adjacent to an activating group) is 1. The first-order valence-electron chi connectivity index (χ1n) is 12.2. The molecule has 3 aliphatic rings. The average molecular weight is 529 g/mol. The molecule has 0 radical (unpaired) electrons. The SMILES string of the molecule is CN1CCN(c2ccc(OC(F)(F)F)c(Nc3ncc(F)c(-c4ccc5c(c4)C(=O)NC54CC4)n3)c2)CC1. The fourth-order valence-electron chi connectivity index (χ4n) is 5.01. The fourth-order valence-corrected chi connectivity index (χ4v) is 5.01. The number of piperazine rings is 1. The van der Waals surface area contributed by atoms with E-state index in [0.717, 1.165) is 37.7 Å². The highest BCUT2D eigenvalue weighted by molar-refractivity contribution is 6.01. The van der Waals surface area contributed by atoms with Crippen LogP contribution in [0.1, 0.15) is 28.8 Å². The quantitative estimate of drug-likeness (QED) is 0.475. The van der Waals surface area contributed by atoms with Gasteiger partial charge in [-0.25, -0.2) is 14.4 Å². The number of benzene rings is 2. The number of carbonyl (C=O) groups is 1. The Morgan fingerprint density at radius 3 is 2.55 bits per heavy atom. The third-order valence-corrected chi connectivity index (χ3v) is 7.20. The summed E-state index contributed by atoms with van der Waals surface area (Å²) >= 11 is 0. The highest BCUT2D eigenvalue weighted by Crippen LogP contribution is 2.50. The molecule has 3 heterocycles. The molecule has 1 spiro atoms. The van der Waals surface area contributed by atoms with Gasteiger partial charge in [0.15, 0.2) is 11.6 Å². The second-order valence-electron chi connectivity index (χ2n) is 9.83. The van der Waals surface area contributed by atoms with Crippen LogP contribution in [0.3, 0.4) is 0 Å². The predicted molar refractivity (Wildman–Crippen MR) is 132 cm³/mol. The summed E-state index contributed by atoms with van der Waals surface area (Å²) in [5, 5.41) is 5.75. The van der Waals surface area contributed by atoms with Crippen LogP contribution in [0.4, 0.5) is 34.9 Å². The van der Waals surface area contributed by atoms with Gasteiger partial charge in [0.05, 0.1) is 17.4 Å². The molecule has 0 atom stereocenters. The van der Waals surface area contributed by atoms with E-state index in [9.17, 15) is 22.4 Å². The van der Waals surface area contributed by atoms with Gasteiger partial charge in [0.2, 0.25) is 5.95 Å². The second kappa shape index (κ2) is 8.83. The topological polar surface area (TPSA) is 82.6 Å². The Labute approximate surface area is 215 Å². The van der Waals surface area contributed by atoms with Crippen LogP contribution in [0.15, 0.2) is 42.6 Å². The van der Waals surface area contributed by atoms with Crippen LogP contribution < -0.4 is 20.3 Å². The molecular formula is C26H24F4N6O2. The van der Waals surface area contributed by atoms with Crippen molar-refractivity contribution in [2.24, 2.45) is 0 Å². The van der Waals surface area contributed by atoms with Crippen LogP contribution in [0, 0.1) is 5.82 Å². The van der Waals surface area contributed by atoms with E-state index in [1.165, 1.54) is 12.1 Å². The number of hydrogen-bond donors (Lipinski definition) is 2. The smallest absolute Gasteiger partial charge is 0.404 e. The van der Waals surface area contributed by atoms with Crippen LogP contribution in [-0.4, -0.2) is 60.4 Å². The lowest BCUT2D eigenvalue weighted by molar-refractivity contribution is -0.274. The summed E-state index contributed by atoms with van der Waals surface area (Å²) in [7, 11) is 2.01. The molecule has 198 valence electrons. The summed E-state index contributed by atoms with van der Waals surface area (Å²) in [5.41, 5.74) is 2.00. The number of fused-ring (bicyclic) bond motifs is 2. The standard InChI is InChI=1S/C26H24F4N6O2/c1-35-8-10-36(11-9-35)16-3-5-21(38-26(28,29)30)20(13-16)32-24-31-14-19(27)22(33-24)15-2-4-18-17(12-15)23(37)34-25(18)6-7-25/h2-5,12-14H,6-11H2,1H3,(H,34,37)(H,31,32,33). The van der Waals surface area contributed by atoms with E-state index in [4.69, 9.17) is 0 Å². The molecule has 2 fully saturated rings. The number of aromatic nitrogens is 2. The van der Waals surface area contributed by atoms with Crippen molar-refractivity contribution in [1.82, 2.24) is 20.2 Å². The van der Waals surface area contributed by atoms with E-state index < -0.39 is 17.9 Å². The molecule has 2 N–H and O–H groups in total. The van der Waals surface area contributed by atoms with Gasteiger partial charge < -0.3 is 25.2 Å². The number of halogens is 4. The summed E-state index contributed by atoms with van der Waals surface area (Å²) in [4.78, 5) is 24.9. The molecule has 1 aliphatic carbocycles. The zero-order valence-electron chi connectivity index (χ0n) is 20.4. The van der Waals surface area contributed by atoms with Crippen molar-refractivity contribution in [3.63, 3.8) is 0 Å². The molecule has 3 aromatic rings.